The highest BCUT2D eigenvalue weighted by Gasteiger charge is 2.10. The average molecular weight is 424 g/mol. The molecule has 4 N–H and O–H groups in total. The van der Waals surface area contributed by atoms with Crippen LogP contribution >= 0.6 is 0 Å². The number of hydrogen-bond acceptors (Lipinski definition) is 6. The predicted octanol–water partition coefficient (Wildman–Crippen LogP) is 3.91. The standard InChI is InChI=1S/C23H25NO3.CH4N2O/c1-16-6-5-7-22(24-2)21(16)15-27-19-12-13-23(26-4)20(14-19)17-8-10-18(25-3)11-9-17;2-3-1-4/h5-14,24H,15H2,1-4H3;1H,2H2,(H,3,4). The molecule has 0 atom stereocenters. The van der Waals surface area contributed by atoms with Gasteiger partial charge in [0.2, 0.25) is 6.41 Å². The Morgan fingerprint density at radius 3 is 2.23 bits per heavy atom. The number of carbonyl (C=O) groups is 1. The fourth-order valence-electron chi connectivity index (χ4n) is 3.06. The molecular formula is C24H29N3O4. The van der Waals surface area contributed by atoms with Crippen LogP contribution in [-0.2, 0) is 11.4 Å². The lowest BCUT2D eigenvalue weighted by atomic mass is 10.0. The number of aryl methyl sites for hydroxylation is 1. The van der Waals surface area contributed by atoms with Gasteiger partial charge in [0.1, 0.15) is 23.9 Å². The lowest BCUT2D eigenvalue weighted by molar-refractivity contribution is -0.109. The SMILES string of the molecule is CNc1cccc(C)c1COc1ccc(OC)c(-c2ccc(OC)cc2)c1.NNC=O. The molecule has 0 aliphatic carbocycles. The van der Waals surface area contributed by atoms with Gasteiger partial charge in [0.25, 0.3) is 0 Å². The summed E-state index contributed by atoms with van der Waals surface area (Å²) in [6.07, 6.45) is 0.403. The maximum Gasteiger partial charge on any atom is 0.221 e. The Kier molecular flexibility index (Phi) is 9.19. The smallest absolute Gasteiger partial charge is 0.221 e. The molecule has 31 heavy (non-hydrogen) atoms. The molecule has 0 aromatic heterocycles. The van der Waals surface area contributed by atoms with Crippen LogP contribution in [0.3, 0.4) is 0 Å². The van der Waals surface area contributed by atoms with E-state index in [2.05, 4.69) is 30.2 Å². The largest absolute Gasteiger partial charge is 0.497 e. The number of anilines is 1. The van der Waals surface area contributed by atoms with E-state index >= 15 is 0 Å². The zero-order valence-corrected chi connectivity index (χ0v) is 18.3. The summed E-state index contributed by atoms with van der Waals surface area (Å²) < 4.78 is 16.9. The van der Waals surface area contributed by atoms with Crippen molar-refractivity contribution in [3.63, 3.8) is 0 Å². The van der Waals surface area contributed by atoms with Crippen molar-refractivity contribution in [3.05, 3.63) is 71.8 Å². The molecule has 0 unspecified atom stereocenters. The first-order chi connectivity index (χ1) is 15.1. The van der Waals surface area contributed by atoms with Crippen molar-refractivity contribution < 1.29 is 19.0 Å². The van der Waals surface area contributed by atoms with Gasteiger partial charge >= 0.3 is 0 Å². The molecule has 3 aromatic carbocycles. The molecule has 3 aromatic rings. The van der Waals surface area contributed by atoms with E-state index in [0.29, 0.717) is 13.0 Å². The van der Waals surface area contributed by atoms with Gasteiger partial charge in [0.15, 0.2) is 0 Å². The highest BCUT2D eigenvalue weighted by Crippen LogP contribution is 2.34. The summed E-state index contributed by atoms with van der Waals surface area (Å²) >= 11 is 0. The molecule has 0 bridgehead atoms. The normalized spacial score (nSPS) is 9.71. The van der Waals surface area contributed by atoms with Gasteiger partial charge < -0.3 is 19.5 Å². The molecule has 0 heterocycles. The number of nitrogens with two attached hydrogens (primary N) is 1. The summed E-state index contributed by atoms with van der Waals surface area (Å²) in [5.41, 5.74) is 7.22. The lowest BCUT2D eigenvalue weighted by Gasteiger charge is -2.15. The Morgan fingerprint density at radius 1 is 0.968 bits per heavy atom. The van der Waals surface area contributed by atoms with Crippen LogP contribution in [0, 0.1) is 6.92 Å². The molecule has 0 spiro atoms. The number of hydrogen-bond donors (Lipinski definition) is 3. The number of rotatable bonds is 8. The maximum absolute atomic E-state index is 8.94. The molecule has 1 amide bonds. The lowest BCUT2D eigenvalue weighted by Crippen LogP contribution is -2.18. The Morgan fingerprint density at radius 2 is 1.65 bits per heavy atom. The van der Waals surface area contributed by atoms with E-state index in [1.165, 1.54) is 5.56 Å². The summed E-state index contributed by atoms with van der Waals surface area (Å²) in [6, 6.07) is 20.0. The minimum absolute atomic E-state index is 0.403. The van der Waals surface area contributed by atoms with E-state index in [0.717, 1.165) is 39.6 Å². The highest BCUT2D eigenvalue weighted by atomic mass is 16.5. The van der Waals surface area contributed by atoms with Crippen LogP contribution in [0.4, 0.5) is 5.69 Å². The van der Waals surface area contributed by atoms with Crippen LogP contribution in [0.15, 0.2) is 60.7 Å². The summed E-state index contributed by atoms with van der Waals surface area (Å²) in [5, 5.41) is 3.23. The van der Waals surface area contributed by atoms with Crippen molar-refractivity contribution in [2.75, 3.05) is 26.6 Å². The average Bonchev–Trinajstić information content (AvgIpc) is 2.83. The first-order valence-corrected chi connectivity index (χ1v) is 9.69. The van der Waals surface area contributed by atoms with Gasteiger partial charge in [0, 0.05) is 23.9 Å². The van der Waals surface area contributed by atoms with Crippen LogP contribution in [0.1, 0.15) is 11.1 Å². The van der Waals surface area contributed by atoms with E-state index in [1.54, 1.807) is 19.6 Å². The van der Waals surface area contributed by atoms with Gasteiger partial charge in [-0.25, -0.2) is 5.84 Å². The van der Waals surface area contributed by atoms with Crippen molar-refractivity contribution in [3.8, 4) is 28.4 Å². The topological polar surface area (TPSA) is 94.8 Å². The number of nitrogens with one attached hydrogen (secondary N) is 2. The Hall–Kier alpha value is -3.71. The van der Waals surface area contributed by atoms with Gasteiger partial charge in [-0.2, -0.15) is 0 Å². The molecule has 0 saturated heterocycles. The zero-order valence-electron chi connectivity index (χ0n) is 18.3. The van der Waals surface area contributed by atoms with Crippen LogP contribution in [0.2, 0.25) is 0 Å². The van der Waals surface area contributed by atoms with Crippen LogP contribution in [0.25, 0.3) is 11.1 Å². The first-order valence-electron chi connectivity index (χ1n) is 9.69. The molecule has 0 fully saturated rings. The summed E-state index contributed by atoms with van der Waals surface area (Å²) in [4.78, 5) is 8.94. The van der Waals surface area contributed by atoms with Crippen molar-refractivity contribution in [2.45, 2.75) is 13.5 Å². The van der Waals surface area contributed by atoms with Gasteiger partial charge in [-0.1, -0.05) is 24.3 Å². The van der Waals surface area contributed by atoms with Gasteiger partial charge in [-0.15, -0.1) is 0 Å². The summed E-state index contributed by atoms with van der Waals surface area (Å²) in [5.74, 6) is 6.84. The second-order valence-electron chi connectivity index (χ2n) is 6.51. The molecule has 0 aliphatic heterocycles. The van der Waals surface area contributed by atoms with Crippen molar-refractivity contribution in [1.82, 2.24) is 5.43 Å². The van der Waals surface area contributed by atoms with Crippen LogP contribution < -0.4 is 30.8 Å². The molecular weight excluding hydrogens is 394 g/mol. The maximum atomic E-state index is 8.94. The number of carbonyl (C=O) groups excluding carboxylic acids is 1. The summed E-state index contributed by atoms with van der Waals surface area (Å²) in [6.45, 7) is 2.59. The van der Waals surface area contributed by atoms with E-state index in [4.69, 9.17) is 19.0 Å². The zero-order chi connectivity index (χ0) is 22.6. The van der Waals surface area contributed by atoms with Crippen LogP contribution in [-0.4, -0.2) is 27.7 Å². The fourth-order valence-corrected chi connectivity index (χ4v) is 3.06. The van der Waals surface area contributed by atoms with Crippen molar-refractivity contribution >= 4 is 12.1 Å². The van der Waals surface area contributed by atoms with E-state index in [1.807, 2.05) is 55.6 Å². The van der Waals surface area contributed by atoms with Gasteiger partial charge in [-0.05, 0) is 54.4 Å². The first kappa shape index (κ1) is 23.6. The molecule has 0 saturated carbocycles. The van der Waals surface area contributed by atoms with Crippen molar-refractivity contribution in [1.29, 1.82) is 0 Å². The van der Waals surface area contributed by atoms with Crippen molar-refractivity contribution in [2.24, 2.45) is 5.84 Å². The molecule has 0 radical (unpaired) electrons. The summed E-state index contributed by atoms with van der Waals surface area (Å²) in [7, 11) is 5.26. The van der Waals surface area contributed by atoms with Crippen LogP contribution in [0.5, 0.6) is 17.2 Å². The van der Waals surface area contributed by atoms with Gasteiger partial charge in [0.05, 0.1) is 14.2 Å². The fraction of sp³-hybridized carbons (Fsp3) is 0.208. The minimum Gasteiger partial charge on any atom is -0.497 e. The molecule has 164 valence electrons. The van der Waals surface area contributed by atoms with Gasteiger partial charge in [-0.3, -0.25) is 10.2 Å². The second kappa shape index (κ2) is 12.1. The minimum atomic E-state index is 0.403. The Bertz CT molecular complexity index is 975. The number of ether oxygens (including phenoxy) is 3. The van der Waals surface area contributed by atoms with E-state index < -0.39 is 0 Å². The molecule has 7 heteroatoms. The number of methoxy groups -OCH3 is 2. The molecule has 7 nitrogen and oxygen atoms in total. The predicted molar refractivity (Wildman–Crippen MR) is 123 cm³/mol. The molecule has 0 aliphatic rings. The number of hydrazine groups is 1. The Labute approximate surface area is 183 Å². The molecule has 3 rings (SSSR count). The highest BCUT2D eigenvalue weighted by molar-refractivity contribution is 5.72. The quantitative estimate of drug-likeness (QED) is 0.220. The van der Waals surface area contributed by atoms with E-state index in [-0.39, 0.29) is 0 Å². The third kappa shape index (κ3) is 6.38. The second-order valence-corrected chi connectivity index (χ2v) is 6.51. The Balaban J connectivity index is 0.000000785. The third-order valence-corrected chi connectivity index (χ3v) is 4.70. The number of amides is 1. The monoisotopic (exact) mass is 423 g/mol. The third-order valence-electron chi connectivity index (χ3n) is 4.70. The number of benzene rings is 3. The van der Waals surface area contributed by atoms with E-state index in [9.17, 15) is 0 Å².